The number of thioether (sulfide) groups is 1. The van der Waals surface area contributed by atoms with Crippen LogP contribution in [-0.4, -0.2) is 23.0 Å². The summed E-state index contributed by atoms with van der Waals surface area (Å²) in [6, 6.07) is 37.5. The molecule has 3 amide bonds. The fourth-order valence-electron chi connectivity index (χ4n) is 4.39. The van der Waals surface area contributed by atoms with Gasteiger partial charge in [-0.15, -0.1) is 11.8 Å². The van der Waals surface area contributed by atoms with Crippen molar-refractivity contribution >= 4 is 57.7 Å². The van der Waals surface area contributed by atoms with E-state index in [1.165, 1.54) is 11.8 Å². The zero-order chi connectivity index (χ0) is 30.2. The maximum Gasteiger partial charge on any atom is 0.272 e. The zero-order valence-corrected chi connectivity index (χ0v) is 24.7. The maximum absolute atomic E-state index is 13.4. The fraction of sp³-hybridized carbons (Fsp3) is 0.0833. The number of rotatable bonds is 9. The van der Waals surface area contributed by atoms with Crippen molar-refractivity contribution in [2.75, 3.05) is 10.6 Å². The number of benzene rings is 5. The SMILES string of the molecule is Cc1ccc(/C=C(\NC(=O)c2ccccc2)C(=O)Nc2cccc(SC(C)C(=O)Nc3ccc4ccccc4c3)c2)cc1. The molecule has 0 saturated heterocycles. The van der Waals surface area contributed by atoms with Gasteiger partial charge in [-0.25, -0.2) is 0 Å². The Morgan fingerprint density at radius 1 is 0.698 bits per heavy atom. The highest BCUT2D eigenvalue weighted by Gasteiger charge is 2.17. The highest BCUT2D eigenvalue weighted by atomic mass is 32.2. The predicted octanol–water partition coefficient (Wildman–Crippen LogP) is 7.68. The largest absolute Gasteiger partial charge is 0.325 e. The summed E-state index contributed by atoms with van der Waals surface area (Å²) >= 11 is 1.39. The van der Waals surface area contributed by atoms with E-state index in [0.29, 0.717) is 11.3 Å². The summed E-state index contributed by atoms with van der Waals surface area (Å²) in [6.07, 6.45) is 1.65. The number of carbonyl (C=O) groups is 3. The van der Waals surface area contributed by atoms with Crippen molar-refractivity contribution in [1.82, 2.24) is 5.32 Å². The van der Waals surface area contributed by atoms with Gasteiger partial charge in [-0.2, -0.15) is 0 Å². The average Bonchev–Trinajstić information content (AvgIpc) is 3.02. The van der Waals surface area contributed by atoms with Crippen LogP contribution < -0.4 is 16.0 Å². The van der Waals surface area contributed by atoms with Crippen molar-refractivity contribution < 1.29 is 14.4 Å². The highest BCUT2D eigenvalue weighted by molar-refractivity contribution is 8.00. The Labute approximate surface area is 255 Å². The van der Waals surface area contributed by atoms with E-state index in [0.717, 1.165) is 32.5 Å². The molecule has 0 heterocycles. The smallest absolute Gasteiger partial charge is 0.272 e. The molecule has 0 aliphatic carbocycles. The van der Waals surface area contributed by atoms with Crippen molar-refractivity contribution in [3.05, 3.63) is 144 Å². The predicted molar refractivity (Wildman–Crippen MR) is 176 cm³/mol. The molecule has 5 rings (SSSR count). The van der Waals surface area contributed by atoms with Crippen molar-refractivity contribution in [2.45, 2.75) is 24.0 Å². The Hall–Kier alpha value is -5.14. The third-order valence-corrected chi connectivity index (χ3v) is 7.80. The molecule has 1 atom stereocenters. The molecule has 0 saturated carbocycles. The fourth-order valence-corrected chi connectivity index (χ4v) is 5.31. The number of amides is 3. The van der Waals surface area contributed by atoms with E-state index >= 15 is 0 Å². The second-order valence-electron chi connectivity index (χ2n) is 10.1. The molecule has 43 heavy (non-hydrogen) atoms. The summed E-state index contributed by atoms with van der Waals surface area (Å²) in [6.45, 7) is 3.82. The van der Waals surface area contributed by atoms with Gasteiger partial charge in [0, 0.05) is 21.8 Å². The normalized spacial score (nSPS) is 11.9. The Morgan fingerprint density at radius 2 is 1.40 bits per heavy atom. The number of hydrogen-bond donors (Lipinski definition) is 3. The minimum Gasteiger partial charge on any atom is -0.325 e. The van der Waals surface area contributed by atoms with Crippen molar-refractivity contribution in [1.29, 1.82) is 0 Å². The number of hydrogen-bond acceptors (Lipinski definition) is 4. The topological polar surface area (TPSA) is 87.3 Å². The first-order valence-corrected chi connectivity index (χ1v) is 14.7. The monoisotopic (exact) mass is 585 g/mol. The van der Waals surface area contributed by atoms with E-state index in [1.54, 1.807) is 36.4 Å². The van der Waals surface area contributed by atoms with Crippen LogP contribution in [0.1, 0.15) is 28.4 Å². The first-order valence-electron chi connectivity index (χ1n) is 13.9. The summed E-state index contributed by atoms with van der Waals surface area (Å²) in [7, 11) is 0. The van der Waals surface area contributed by atoms with Crippen molar-refractivity contribution in [3.63, 3.8) is 0 Å². The van der Waals surface area contributed by atoms with Crippen LogP contribution in [0.3, 0.4) is 0 Å². The molecular formula is C36H31N3O3S. The van der Waals surface area contributed by atoms with Gasteiger partial charge < -0.3 is 16.0 Å². The highest BCUT2D eigenvalue weighted by Crippen LogP contribution is 2.27. The second-order valence-corrected chi connectivity index (χ2v) is 11.5. The van der Waals surface area contributed by atoms with Crippen LogP contribution in [0.4, 0.5) is 11.4 Å². The Balaban J connectivity index is 1.27. The van der Waals surface area contributed by atoms with Crippen LogP contribution in [0, 0.1) is 6.92 Å². The average molecular weight is 586 g/mol. The van der Waals surface area contributed by atoms with Gasteiger partial charge in [0.1, 0.15) is 5.70 Å². The molecule has 3 N–H and O–H groups in total. The molecular weight excluding hydrogens is 554 g/mol. The molecule has 0 spiro atoms. The van der Waals surface area contributed by atoms with Crippen LogP contribution in [0.5, 0.6) is 0 Å². The Kier molecular flexibility index (Phi) is 9.34. The number of anilines is 2. The van der Waals surface area contributed by atoms with Gasteiger partial charge in [0.15, 0.2) is 0 Å². The first kappa shape index (κ1) is 29.4. The lowest BCUT2D eigenvalue weighted by molar-refractivity contribution is -0.115. The van der Waals surface area contributed by atoms with E-state index in [-0.39, 0.29) is 22.8 Å². The van der Waals surface area contributed by atoms with Crippen molar-refractivity contribution in [3.8, 4) is 0 Å². The first-order chi connectivity index (χ1) is 20.8. The van der Waals surface area contributed by atoms with E-state index in [1.807, 2.05) is 105 Å². The van der Waals surface area contributed by atoms with Gasteiger partial charge in [-0.3, -0.25) is 14.4 Å². The molecule has 0 radical (unpaired) electrons. The minimum absolute atomic E-state index is 0.110. The lowest BCUT2D eigenvalue weighted by Gasteiger charge is -2.14. The van der Waals surface area contributed by atoms with Gasteiger partial charge in [0.05, 0.1) is 5.25 Å². The summed E-state index contributed by atoms with van der Waals surface area (Å²) < 4.78 is 0. The molecule has 5 aromatic carbocycles. The molecule has 214 valence electrons. The molecule has 1 unspecified atom stereocenters. The minimum atomic E-state index is -0.464. The van der Waals surface area contributed by atoms with Crippen LogP contribution in [-0.2, 0) is 9.59 Å². The van der Waals surface area contributed by atoms with E-state index in [9.17, 15) is 14.4 Å². The van der Waals surface area contributed by atoms with Gasteiger partial charge in [-0.1, -0.05) is 84.4 Å². The molecule has 0 aromatic heterocycles. The number of aryl methyl sites for hydroxylation is 1. The van der Waals surface area contributed by atoms with E-state index < -0.39 is 5.91 Å². The van der Waals surface area contributed by atoms with Gasteiger partial charge >= 0.3 is 0 Å². The van der Waals surface area contributed by atoms with Crippen LogP contribution in [0.25, 0.3) is 16.8 Å². The third kappa shape index (κ3) is 7.99. The van der Waals surface area contributed by atoms with E-state index in [2.05, 4.69) is 16.0 Å². The second kappa shape index (κ2) is 13.7. The standard InChI is InChI=1S/C36H31N3O3S/c1-24-15-17-26(18-16-24)21-33(39-35(41)28-10-4-3-5-11-28)36(42)38-30-13-8-14-32(23-30)43-25(2)34(40)37-31-20-19-27-9-6-7-12-29(27)22-31/h3-23,25H,1-2H3,(H,37,40)(H,38,42)(H,39,41)/b33-21-. The molecule has 0 fully saturated rings. The zero-order valence-electron chi connectivity index (χ0n) is 23.8. The number of nitrogens with one attached hydrogen (secondary N) is 3. The summed E-state index contributed by atoms with van der Waals surface area (Å²) in [4.78, 5) is 40.1. The van der Waals surface area contributed by atoms with Gasteiger partial charge in [0.25, 0.3) is 11.8 Å². The van der Waals surface area contributed by atoms with Crippen LogP contribution >= 0.6 is 11.8 Å². The quantitative estimate of drug-likeness (QED) is 0.122. The molecule has 6 nitrogen and oxygen atoms in total. The van der Waals surface area contributed by atoms with Crippen LogP contribution in [0.2, 0.25) is 0 Å². The van der Waals surface area contributed by atoms with Gasteiger partial charge in [0.2, 0.25) is 5.91 Å². The molecule has 0 aliphatic rings. The summed E-state index contributed by atoms with van der Waals surface area (Å²) in [5.41, 5.74) is 3.70. The lowest BCUT2D eigenvalue weighted by Crippen LogP contribution is -2.30. The Bertz CT molecular complexity index is 1800. The van der Waals surface area contributed by atoms with Crippen LogP contribution in [0.15, 0.2) is 132 Å². The molecule has 0 bridgehead atoms. The number of carbonyl (C=O) groups excluding carboxylic acids is 3. The van der Waals surface area contributed by atoms with Gasteiger partial charge in [-0.05, 0) is 78.7 Å². The summed E-state index contributed by atoms with van der Waals surface area (Å²) in [5.74, 6) is -0.972. The molecule has 0 aliphatic heterocycles. The molecule has 5 aromatic rings. The lowest BCUT2D eigenvalue weighted by atomic mass is 10.1. The molecule has 7 heteroatoms. The van der Waals surface area contributed by atoms with E-state index in [4.69, 9.17) is 0 Å². The van der Waals surface area contributed by atoms with Crippen molar-refractivity contribution in [2.24, 2.45) is 0 Å². The Morgan fingerprint density at radius 3 is 2.16 bits per heavy atom. The third-order valence-electron chi connectivity index (χ3n) is 6.71. The summed E-state index contributed by atoms with van der Waals surface area (Å²) in [5, 5.41) is 10.4. The maximum atomic E-state index is 13.4. The number of fused-ring (bicyclic) bond motifs is 1.